The highest BCUT2D eigenvalue weighted by Gasteiger charge is 2.30. The molecule has 0 spiro atoms. The topological polar surface area (TPSA) is 237 Å². The van der Waals surface area contributed by atoms with Crippen LogP contribution in [0.5, 0.6) is 0 Å². The summed E-state index contributed by atoms with van der Waals surface area (Å²) < 4.78 is 68.4. The van der Waals surface area contributed by atoms with Crippen LogP contribution in [0.15, 0.2) is 0 Å². The van der Waals surface area contributed by atoms with Gasteiger partial charge in [0, 0.05) is 25.7 Å². The van der Waals surface area contributed by atoms with Crippen LogP contribution in [0.3, 0.4) is 0 Å². The summed E-state index contributed by atoms with van der Waals surface area (Å²) in [6.07, 6.45) is 54.1. The smallest absolute Gasteiger partial charge is 0.462 e. The third-order valence-electron chi connectivity index (χ3n) is 17.8. The second-order valence-corrected chi connectivity index (χ2v) is 30.7. The first-order valence-corrected chi connectivity index (χ1v) is 42.0. The highest BCUT2D eigenvalue weighted by atomic mass is 31.2. The number of esters is 4. The van der Waals surface area contributed by atoms with Crippen LogP contribution >= 0.6 is 15.6 Å². The van der Waals surface area contributed by atoms with E-state index in [1.165, 1.54) is 205 Å². The van der Waals surface area contributed by atoms with E-state index in [1.807, 2.05) is 0 Å². The van der Waals surface area contributed by atoms with E-state index in [2.05, 4.69) is 41.5 Å². The molecule has 0 aromatic rings. The van der Waals surface area contributed by atoms with E-state index < -0.39 is 97.5 Å². The minimum Gasteiger partial charge on any atom is -0.462 e. The summed E-state index contributed by atoms with van der Waals surface area (Å²) in [6.45, 7) is 9.59. The predicted molar refractivity (Wildman–Crippen MR) is 381 cm³/mol. The molecule has 3 N–H and O–H groups in total. The lowest BCUT2D eigenvalue weighted by molar-refractivity contribution is -0.161. The van der Waals surface area contributed by atoms with Crippen LogP contribution < -0.4 is 0 Å². The Morgan fingerprint density at radius 3 is 0.809 bits per heavy atom. The molecule has 0 aliphatic rings. The van der Waals surface area contributed by atoms with E-state index >= 15 is 0 Å². The zero-order chi connectivity index (χ0) is 69.3. The third-order valence-corrected chi connectivity index (χ3v) is 19.7. The van der Waals surface area contributed by atoms with Gasteiger partial charge in [-0.25, -0.2) is 9.13 Å². The molecule has 0 aliphatic heterocycles. The van der Waals surface area contributed by atoms with Crippen LogP contribution in [0, 0.1) is 11.8 Å². The van der Waals surface area contributed by atoms with Gasteiger partial charge in [-0.1, -0.05) is 337 Å². The maximum atomic E-state index is 13.1. The van der Waals surface area contributed by atoms with Gasteiger partial charge in [0.1, 0.15) is 19.3 Å². The van der Waals surface area contributed by atoms with E-state index in [0.717, 1.165) is 102 Å². The van der Waals surface area contributed by atoms with Crippen molar-refractivity contribution < 1.29 is 80.2 Å². The Balaban J connectivity index is 5.22. The van der Waals surface area contributed by atoms with Gasteiger partial charge in [-0.15, -0.1) is 0 Å². The van der Waals surface area contributed by atoms with Crippen LogP contribution in [-0.2, 0) is 65.4 Å². The number of rotatable bonds is 74. The minimum atomic E-state index is -4.96. The molecule has 17 nitrogen and oxygen atoms in total. The average Bonchev–Trinajstić information content (AvgIpc) is 1.50. The second-order valence-electron chi connectivity index (χ2n) is 27.8. The molecule has 0 bridgehead atoms. The SMILES string of the molecule is CCCCCCCCCCCCCCCCCCC(=O)OC[C@H](COP(=O)(O)OC[C@@H](O)COP(=O)(O)OC[C@@H](COC(=O)CCCCCCCCCCC)OC(=O)CCCCCCCCCCC(C)C)OC(=O)CCCCCCCCCCCCCCCCC(C)CC. The van der Waals surface area contributed by atoms with Crippen molar-refractivity contribution in [3.63, 3.8) is 0 Å². The highest BCUT2D eigenvalue weighted by Crippen LogP contribution is 2.45. The van der Waals surface area contributed by atoms with Crippen molar-refractivity contribution in [3.8, 4) is 0 Å². The molecule has 0 radical (unpaired) electrons. The van der Waals surface area contributed by atoms with Crippen molar-refractivity contribution >= 4 is 39.5 Å². The van der Waals surface area contributed by atoms with Crippen LogP contribution in [0.25, 0.3) is 0 Å². The van der Waals surface area contributed by atoms with Gasteiger partial charge < -0.3 is 33.8 Å². The van der Waals surface area contributed by atoms with Gasteiger partial charge in [0.2, 0.25) is 0 Å². The van der Waals surface area contributed by atoms with Gasteiger partial charge in [-0.05, 0) is 37.5 Å². The molecule has 0 aromatic heterocycles. The maximum absolute atomic E-state index is 13.1. The Morgan fingerprint density at radius 1 is 0.309 bits per heavy atom. The summed E-state index contributed by atoms with van der Waals surface area (Å²) in [7, 11) is -9.91. The molecule has 0 aliphatic carbocycles. The lowest BCUT2D eigenvalue weighted by Crippen LogP contribution is -2.30. The number of carbonyl (C=O) groups is 4. The van der Waals surface area contributed by atoms with Crippen molar-refractivity contribution in [2.45, 2.75) is 407 Å². The lowest BCUT2D eigenvalue weighted by Gasteiger charge is -2.21. The standard InChI is InChI=1S/C75H146O17P2/c1-7-10-12-14-16-18-19-20-21-22-26-29-33-40-46-52-58-73(78)86-64-70(91-74(79)59-53-47-41-34-30-27-24-23-25-28-32-38-44-50-56-68(6)9-3)65-89-93(81,82)87-61-69(76)62-88-94(83,84)90-66-71(63-85-72(77)57-51-45-39-31-17-15-13-11-8-2)92-75(80)60-54-48-42-36-35-37-43-49-55-67(4)5/h67-71,76H,7-66H2,1-6H3,(H,81,82)(H,83,84)/t68?,69-,70-,71-/m1/s1. The van der Waals surface area contributed by atoms with Crippen molar-refractivity contribution in [2.75, 3.05) is 39.6 Å². The molecule has 0 amide bonds. The highest BCUT2D eigenvalue weighted by molar-refractivity contribution is 7.47. The van der Waals surface area contributed by atoms with E-state index in [1.54, 1.807) is 0 Å². The van der Waals surface area contributed by atoms with E-state index in [9.17, 15) is 43.2 Å². The Bertz CT molecular complexity index is 1820. The first-order chi connectivity index (χ1) is 45.4. The minimum absolute atomic E-state index is 0.105. The number of phosphoric ester groups is 2. The Hall–Kier alpha value is -1.94. The fourth-order valence-electron chi connectivity index (χ4n) is 11.4. The molecule has 0 heterocycles. The van der Waals surface area contributed by atoms with Crippen LogP contribution in [0.1, 0.15) is 388 Å². The number of hydrogen-bond donors (Lipinski definition) is 3. The lowest BCUT2D eigenvalue weighted by atomic mass is 9.99. The molecule has 0 aromatic carbocycles. The van der Waals surface area contributed by atoms with Gasteiger partial charge in [0.05, 0.1) is 26.4 Å². The number of carbonyl (C=O) groups excluding carboxylic acids is 4. The van der Waals surface area contributed by atoms with Gasteiger partial charge in [-0.2, -0.15) is 0 Å². The van der Waals surface area contributed by atoms with E-state index in [4.69, 9.17) is 37.0 Å². The molecule has 6 atom stereocenters. The van der Waals surface area contributed by atoms with E-state index in [0.29, 0.717) is 25.7 Å². The summed E-state index contributed by atoms with van der Waals surface area (Å²) in [5.41, 5.74) is 0. The summed E-state index contributed by atoms with van der Waals surface area (Å²) in [4.78, 5) is 72.7. The first-order valence-electron chi connectivity index (χ1n) is 39.0. The predicted octanol–water partition coefficient (Wildman–Crippen LogP) is 21.9. The molecule has 0 saturated heterocycles. The molecule has 558 valence electrons. The maximum Gasteiger partial charge on any atom is 0.472 e. The van der Waals surface area contributed by atoms with Gasteiger partial charge in [-0.3, -0.25) is 37.3 Å². The molecule has 3 unspecified atom stereocenters. The van der Waals surface area contributed by atoms with Crippen molar-refractivity contribution in [3.05, 3.63) is 0 Å². The van der Waals surface area contributed by atoms with Crippen LogP contribution in [-0.4, -0.2) is 96.7 Å². The summed E-state index contributed by atoms with van der Waals surface area (Å²) in [5.74, 6) is -0.554. The van der Waals surface area contributed by atoms with Gasteiger partial charge >= 0.3 is 39.5 Å². The summed E-state index contributed by atoms with van der Waals surface area (Å²) in [6, 6.07) is 0. The molecular formula is C75H146O17P2. The first kappa shape index (κ1) is 92.1. The Morgan fingerprint density at radius 2 is 0.543 bits per heavy atom. The fraction of sp³-hybridized carbons (Fsp3) is 0.947. The number of ether oxygens (including phenoxy) is 4. The van der Waals surface area contributed by atoms with E-state index in [-0.39, 0.29) is 25.7 Å². The molecule has 0 fully saturated rings. The summed E-state index contributed by atoms with van der Waals surface area (Å²) >= 11 is 0. The van der Waals surface area contributed by atoms with Crippen LogP contribution in [0.4, 0.5) is 0 Å². The zero-order valence-corrected chi connectivity index (χ0v) is 63.1. The quantitative estimate of drug-likeness (QED) is 0.0222. The number of unbranched alkanes of at least 4 members (excludes halogenated alkanes) is 43. The molecular weight excluding hydrogens is 1230 g/mol. The number of aliphatic hydroxyl groups is 1. The molecule has 94 heavy (non-hydrogen) atoms. The third kappa shape index (κ3) is 67.3. The number of aliphatic hydroxyl groups excluding tert-OH is 1. The van der Waals surface area contributed by atoms with Crippen molar-refractivity contribution in [1.29, 1.82) is 0 Å². The average molecular weight is 1380 g/mol. The van der Waals surface area contributed by atoms with Gasteiger partial charge in [0.25, 0.3) is 0 Å². The van der Waals surface area contributed by atoms with Crippen molar-refractivity contribution in [2.24, 2.45) is 11.8 Å². The zero-order valence-electron chi connectivity index (χ0n) is 61.3. The van der Waals surface area contributed by atoms with Crippen molar-refractivity contribution in [1.82, 2.24) is 0 Å². The van der Waals surface area contributed by atoms with Gasteiger partial charge in [0.15, 0.2) is 12.2 Å². The fourth-order valence-corrected chi connectivity index (χ4v) is 13.0. The molecule has 0 rings (SSSR count). The monoisotopic (exact) mass is 1380 g/mol. The number of phosphoric acid groups is 2. The normalized spacial score (nSPS) is 14.3. The second kappa shape index (κ2) is 66.9. The van der Waals surface area contributed by atoms with Crippen LogP contribution in [0.2, 0.25) is 0 Å². The summed E-state index contributed by atoms with van der Waals surface area (Å²) in [5, 5.41) is 10.6. The number of hydrogen-bond acceptors (Lipinski definition) is 15. The molecule has 19 heteroatoms. The largest absolute Gasteiger partial charge is 0.472 e. The Labute approximate surface area is 575 Å². The molecule has 0 saturated carbocycles. The Kier molecular flexibility index (Phi) is 65.5.